The Kier molecular flexibility index (Phi) is 4.67. The molecule has 1 aromatic carbocycles. The van der Waals surface area contributed by atoms with Gasteiger partial charge in [0.1, 0.15) is 0 Å². The Morgan fingerprint density at radius 2 is 1.42 bits per heavy atom. The van der Waals surface area contributed by atoms with E-state index in [0.717, 1.165) is 16.7 Å². The summed E-state index contributed by atoms with van der Waals surface area (Å²) in [5, 5.41) is 17.9. The van der Waals surface area contributed by atoms with Gasteiger partial charge in [-0.05, 0) is 35.6 Å². The van der Waals surface area contributed by atoms with Crippen LogP contribution in [0.4, 0.5) is 0 Å². The van der Waals surface area contributed by atoms with Crippen molar-refractivity contribution in [2.75, 3.05) is 0 Å². The van der Waals surface area contributed by atoms with E-state index in [2.05, 4.69) is 12.1 Å². The highest BCUT2D eigenvalue weighted by atomic mass is 14.3. The molecule has 19 heavy (non-hydrogen) atoms. The van der Waals surface area contributed by atoms with E-state index in [1.54, 1.807) is 6.92 Å². The van der Waals surface area contributed by atoms with Gasteiger partial charge in [0.15, 0.2) is 0 Å². The van der Waals surface area contributed by atoms with Gasteiger partial charge in [0.25, 0.3) is 0 Å². The molecule has 0 saturated carbocycles. The van der Waals surface area contributed by atoms with Crippen molar-refractivity contribution in [2.24, 2.45) is 5.41 Å². The number of hydrogen-bond acceptors (Lipinski definition) is 2. The lowest BCUT2D eigenvalue weighted by Crippen LogP contribution is -2.07. The third kappa shape index (κ3) is 4.45. The molecule has 0 aliphatic carbocycles. The second-order valence-electron chi connectivity index (χ2n) is 5.53. The molecule has 0 radical (unpaired) electrons. The zero-order chi connectivity index (χ0) is 14.5. The Morgan fingerprint density at radius 3 is 1.79 bits per heavy atom. The molecule has 0 bridgehead atoms. The highest BCUT2D eigenvalue weighted by Gasteiger charge is 2.16. The van der Waals surface area contributed by atoms with Gasteiger partial charge >= 0.3 is 0 Å². The monoisotopic (exact) mass is 250 g/mol. The predicted octanol–water partition coefficient (Wildman–Crippen LogP) is 4.57. The first-order chi connectivity index (χ1) is 8.86. The maximum atomic E-state index is 9.16. The van der Waals surface area contributed by atoms with Crippen molar-refractivity contribution < 1.29 is 0 Å². The molecule has 1 aromatic rings. The minimum Gasteiger partial charge on any atom is -0.193 e. The van der Waals surface area contributed by atoms with Crippen molar-refractivity contribution in [3.63, 3.8) is 0 Å². The van der Waals surface area contributed by atoms with E-state index in [4.69, 9.17) is 10.5 Å². The SMILES string of the molecule is C/C(C#N)=C/c1ccc(/C=C(\C#N)C(C)(C)C)cc1. The summed E-state index contributed by atoms with van der Waals surface area (Å²) in [6.07, 6.45) is 3.74. The van der Waals surface area contributed by atoms with Crippen LogP contribution in [0, 0.1) is 28.1 Å². The average Bonchev–Trinajstić information content (AvgIpc) is 2.36. The first-order valence-corrected chi connectivity index (χ1v) is 6.17. The molecule has 0 aliphatic rings. The van der Waals surface area contributed by atoms with Crippen molar-refractivity contribution in [1.82, 2.24) is 0 Å². The molecule has 0 aliphatic heterocycles. The van der Waals surface area contributed by atoms with Crippen molar-refractivity contribution in [3.05, 3.63) is 46.5 Å². The van der Waals surface area contributed by atoms with Crippen molar-refractivity contribution in [1.29, 1.82) is 10.5 Å². The van der Waals surface area contributed by atoms with E-state index in [0.29, 0.717) is 5.57 Å². The number of benzene rings is 1. The summed E-state index contributed by atoms with van der Waals surface area (Å²) in [4.78, 5) is 0. The number of rotatable bonds is 2. The van der Waals surface area contributed by atoms with E-state index in [1.807, 2.05) is 57.2 Å². The van der Waals surface area contributed by atoms with Gasteiger partial charge in [0, 0.05) is 11.1 Å². The minimum absolute atomic E-state index is 0.148. The fourth-order valence-corrected chi connectivity index (χ4v) is 1.55. The predicted molar refractivity (Wildman–Crippen MR) is 78.8 cm³/mol. The molecule has 0 aromatic heterocycles. The molecule has 0 N–H and O–H groups in total. The summed E-state index contributed by atoms with van der Waals surface area (Å²) in [7, 11) is 0. The number of nitrogens with zero attached hydrogens (tertiary/aromatic N) is 2. The Hall–Kier alpha value is -2.32. The van der Waals surface area contributed by atoms with Gasteiger partial charge < -0.3 is 0 Å². The molecule has 0 spiro atoms. The molecule has 96 valence electrons. The third-order valence-corrected chi connectivity index (χ3v) is 2.74. The highest BCUT2D eigenvalue weighted by Crippen LogP contribution is 2.26. The van der Waals surface area contributed by atoms with Crippen LogP contribution in [0.15, 0.2) is 35.4 Å². The Bertz CT molecular complexity index is 582. The number of hydrogen-bond donors (Lipinski definition) is 0. The van der Waals surface area contributed by atoms with Crippen molar-refractivity contribution >= 4 is 12.2 Å². The van der Waals surface area contributed by atoms with Gasteiger partial charge in [-0.2, -0.15) is 10.5 Å². The quantitative estimate of drug-likeness (QED) is 0.722. The maximum Gasteiger partial charge on any atom is 0.0952 e. The number of nitriles is 2. The van der Waals surface area contributed by atoms with Crippen molar-refractivity contribution in [3.8, 4) is 12.1 Å². The smallest absolute Gasteiger partial charge is 0.0952 e. The van der Waals surface area contributed by atoms with Crippen LogP contribution in [-0.2, 0) is 0 Å². The fraction of sp³-hybridized carbons (Fsp3) is 0.294. The van der Waals surface area contributed by atoms with E-state index < -0.39 is 0 Å². The second kappa shape index (κ2) is 6.03. The first kappa shape index (κ1) is 14.7. The van der Waals surface area contributed by atoms with Crippen LogP contribution in [0.3, 0.4) is 0 Å². The van der Waals surface area contributed by atoms with E-state index in [1.165, 1.54) is 0 Å². The van der Waals surface area contributed by atoms with E-state index in [-0.39, 0.29) is 5.41 Å². The van der Waals surface area contributed by atoms with Gasteiger partial charge in [0.2, 0.25) is 0 Å². The van der Waals surface area contributed by atoms with Crippen LogP contribution in [0.5, 0.6) is 0 Å². The summed E-state index contributed by atoms with van der Waals surface area (Å²) in [5.74, 6) is 0. The summed E-state index contributed by atoms with van der Waals surface area (Å²) in [5.41, 5.74) is 3.27. The minimum atomic E-state index is -0.148. The highest BCUT2D eigenvalue weighted by molar-refractivity contribution is 5.62. The van der Waals surface area contributed by atoms with Crippen LogP contribution < -0.4 is 0 Å². The first-order valence-electron chi connectivity index (χ1n) is 6.17. The van der Waals surface area contributed by atoms with Gasteiger partial charge in [-0.3, -0.25) is 0 Å². The molecular formula is C17H18N2. The van der Waals surface area contributed by atoms with E-state index in [9.17, 15) is 0 Å². The van der Waals surface area contributed by atoms with E-state index >= 15 is 0 Å². The molecule has 0 amide bonds. The van der Waals surface area contributed by atoms with Gasteiger partial charge in [0.05, 0.1) is 12.1 Å². The summed E-state index contributed by atoms with van der Waals surface area (Å²) < 4.78 is 0. The second-order valence-corrected chi connectivity index (χ2v) is 5.53. The van der Waals surface area contributed by atoms with Crippen LogP contribution in [0.25, 0.3) is 12.2 Å². The lowest BCUT2D eigenvalue weighted by atomic mass is 9.86. The van der Waals surface area contributed by atoms with Crippen molar-refractivity contribution in [2.45, 2.75) is 27.7 Å². The fourth-order valence-electron chi connectivity index (χ4n) is 1.55. The lowest BCUT2D eigenvalue weighted by molar-refractivity contribution is 0.523. The largest absolute Gasteiger partial charge is 0.193 e. The molecule has 0 heterocycles. The maximum absolute atomic E-state index is 9.16. The molecular weight excluding hydrogens is 232 g/mol. The molecule has 2 heteroatoms. The Labute approximate surface area is 115 Å². The van der Waals surface area contributed by atoms with Crippen LogP contribution in [-0.4, -0.2) is 0 Å². The molecule has 0 saturated heterocycles. The van der Waals surface area contributed by atoms with Gasteiger partial charge in [-0.15, -0.1) is 0 Å². The standard InChI is InChI=1S/C17H18N2/c1-13(11-18)9-14-5-7-15(8-6-14)10-16(12-19)17(2,3)4/h5-10H,1-4H3/b13-9-,16-10+. The molecule has 0 fully saturated rings. The van der Waals surface area contributed by atoms with Crippen LogP contribution >= 0.6 is 0 Å². The zero-order valence-corrected chi connectivity index (χ0v) is 11.9. The number of allylic oxidation sites excluding steroid dienone is 2. The average molecular weight is 250 g/mol. The van der Waals surface area contributed by atoms with Crippen LogP contribution in [0.2, 0.25) is 0 Å². The van der Waals surface area contributed by atoms with Crippen LogP contribution in [0.1, 0.15) is 38.8 Å². The van der Waals surface area contributed by atoms with Gasteiger partial charge in [-0.25, -0.2) is 0 Å². The Balaban J connectivity index is 3.05. The lowest BCUT2D eigenvalue weighted by Gasteiger charge is -2.16. The molecule has 0 unspecified atom stereocenters. The topological polar surface area (TPSA) is 47.6 Å². The molecule has 2 nitrogen and oxygen atoms in total. The zero-order valence-electron chi connectivity index (χ0n) is 11.9. The molecule has 1 rings (SSSR count). The summed E-state index contributed by atoms with van der Waals surface area (Å²) in [6.45, 7) is 7.85. The third-order valence-electron chi connectivity index (χ3n) is 2.74. The summed E-state index contributed by atoms with van der Waals surface area (Å²) in [6, 6.07) is 12.2. The Morgan fingerprint density at radius 1 is 0.947 bits per heavy atom. The van der Waals surface area contributed by atoms with Gasteiger partial charge in [-0.1, -0.05) is 45.0 Å². The summed E-state index contributed by atoms with van der Waals surface area (Å²) >= 11 is 0. The molecule has 0 atom stereocenters. The normalized spacial score (nSPS) is 12.7.